The second-order valence-corrected chi connectivity index (χ2v) is 6.08. The molecule has 1 saturated carbocycles. The summed E-state index contributed by atoms with van der Waals surface area (Å²) in [6.45, 7) is 0. The van der Waals surface area contributed by atoms with Crippen LogP contribution in [0.2, 0.25) is 0 Å². The third-order valence-corrected chi connectivity index (χ3v) is 4.58. The van der Waals surface area contributed by atoms with Crippen LogP contribution in [0.4, 0.5) is 0 Å². The number of benzene rings is 1. The summed E-state index contributed by atoms with van der Waals surface area (Å²) < 4.78 is 0.976. The van der Waals surface area contributed by atoms with E-state index in [4.69, 9.17) is 11.6 Å². The fraction of sp³-hybridized carbons (Fsp3) is 0.462. The van der Waals surface area contributed by atoms with Crippen molar-refractivity contribution in [3.05, 3.63) is 33.4 Å². The van der Waals surface area contributed by atoms with Crippen LogP contribution in [0.25, 0.3) is 0 Å². The van der Waals surface area contributed by atoms with Crippen LogP contribution in [0.1, 0.15) is 36.0 Å². The molecule has 4 heteroatoms. The Balaban J connectivity index is 2.04. The van der Waals surface area contributed by atoms with Crippen LogP contribution in [-0.4, -0.2) is 17.3 Å². The van der Waals surface area contributed by atoms with Gasteiger partial charge in [0.15, 0.2) is 0 Å². The van der Waals surface area contributed by atoms with Crippen LogP contribution in [0.5, 0.6) is 0 Å². The summed E-state index contributed by atoms with van der Waals surface area (Å²) in [5.41, 5.74) is 0.738. The van der Waals surface area contributed by atoms with Gasteiger partial charge in [0.2, 0.25) is 0 Å². The van der Waals surface area contributed by atoms with Gasteiger partial charge < -0.3 is 5.32 Å². The van der Waals surface area contributed by atoms with E-state index >= 15 is 0 Å². The lowest BCUT2D eigenvalue weighted by Gasteiger charge is -2.27. The molecule has 1 aromatic rings. The van der Waals surface area contributed by atoms with Gasteiger partial charge in [-0.25, -0.2) is 0 Å². The SMILES string of the molecule is O=C(NC1CCCCC1Cl)c1ccccc1I. The van der Waals surface area contributed by atoms with E-state index in [1.165, 1.54) is 6.42 Å². The summed E-state index contributed by atoms with van der Waals surface area (Å²) in [4.78, 5) is 12.1. The molecule has 2 rings (SSSR count). The first-order chi connectivity index (χ1) is 8.18. The molecule has 0 spiro atoms. The highest BCUT2D eigenvalue weighted by Crippen LogP contribution is 2.23. The summed E-state index contributed by atoms with van der Waals surface area (Å²) in [5, 5.41) is 3.13. The van der Waals surface area contributed by atoms with E-state index in [1.54, 1.807) is 0 Å². The van der Waals surface area contributed by atoms with Crippen LogP contribution in [0.3, 0.4) is 0 Å². The molecule has 0 bridgehead atoms. The number of carbonyl (C=O) groups is 1. The van der Waals surface area contributed by atoms with Crippen molar-refractivity contribution in [2.24, 2.45) is 0 Å². The van der Waals surface area contributed by atoms with Crippen molar-refractivity contribution in [1.82, 2.24) is 5.32 Å². The average molecular weight is 364 g/mol. The molecule has 2 unspecified atom stereocenters. The molecule has 2 nitrogen and oxygen atoms in total. The van der Waals surface area contributed by atoms with Crippen molar-refractivity contribution in [2.45, 2.75) is 37.1 Å². The Kier molecular flexibility index (Phi) is 4.68. The maximum atomic E-state index is 12.1. The van der Waals surface area contributed by atoms with Gasteiger partial charge in [-0.2, -0.15) is 0 Å². The zero-order valence-electron chi connectivity index (χ0n) is 9.46. The van der Waals surface area contributed by atoms with Crippen LogP contribution < -0.4 is 5.32 Å². The van der Waals surface area contributed by atoms with Gasteiger partial charge in [-0.05, 0) is 47.6 Å². The van der Waals surface area contributed by atoms with Gasteiger partial charge in [0.25, 0.3) is 5.91 Å². The highest BCUT2D eigenvalue weighted by Gasteiger charge is 2.25. The highest BCUT2D eigenvalue weighted by molar-refractivity contribution is 14.1. The Morgan fingerprint density at radius 2 is 2.00 bits per heavy atom. The largest absolute Gasteiger partial charge is 0.348 e. The maximum absolute atomic E-state index is 12.1. The lowest BCUT2D eigenvalue weighted by Crippen LogP contribution is -2.43. The molecule has 1 aromatic carbocycles. The van der Waals surface area contributed by atoms with Gasteiger partial charge in [-0.3, -0.25) is 4.79 Å². The number of amides is 1. The van der Waals surface area contributed by atoms with Gasteiger partial charge in [0.05, 0.1) is 10.9 Å². The van der Waals surface area contributed by atoms with Crippen LogP contribution in [-0.2, 0) is 0 Å². The molecular formula is C13H15ClINO. The standard InChI is InChI=1S/C13H15ClINO/c14-10-6-2-4-8-12(10)16-13(17)9-5-1-3-7-11(9)15/h1,3,5,7,10,12H,2,4,6,8H2,(H,16,17). The monoisotopic (exact) mass is 363 g/mol. The van der Waals surface area contributed by atoms with Crippen molar-refractivity contribution in [3.8, 4) is 0 Å². The topological polar surface area (TPSA) is 29.1 Å². The summed E-state index contributed by atoms with van der Waals surface area (Å²) in [6, 6.07) is 7.73. The van der Waals surface area contributed by atoms with Gasteiger partial charge in [-0.1, -0.05) is 25.0 Å². The smallest absolute Gasteiger partial charge is 0.252 e. The number of nitrogens with one attached hydrogen (secondary N) is 1. The summed E-state index contributed by atoms with van der Waals surface area (Å²) in [7, 11) is 0. The first-order valence-electron chi connectivity index (χ1n) is 5.88. The number of rotatable bonds is 2. The highest BCUT2D eigenvalue weighted by atomic mass is 127. The van der Waals surface area contributed by atoms with Gasteiger partial charge in [0.1, 0.15) is 0 Å². The summed E-state index contributed by atoms with van der Waals surface area (Å²) >= 11 is 8.42. The van der Waals surface area contributed by atoms with E-state index in [0.29, 0.717) is 0 Å². The molecule has 0 saturated heterocycles. The lowest BCUT2D eigenvalue weighted by atomic mass is 9.94. The Morgan fingerprint density at radius 1 is 1.29 bits per heavy atom. The molecule has 1 aliphatic rings. The van der Waals surface area contributed by atoms with E-state index < -0.39 is 0 Å². The molecule has 1 aliphatic carbocycles. The Labute approximate surface area is 120 Å². The molecule has 1 amide bonds. The molecule has 2 atom stereocenters. The zero-order chi connectivity index (χ0) is 12.3. The average Bonchev–Trinajstić information content (AvgIpc) is 2.32. The summed E-state index contributed by atoms with van der Waals surface area (Å²) in [5.74, 6) is -0.00690. The van der Waals surface area contributed by atoms with Crippen molar-refractivity contribution in [1.29, 1.82) is 0 Å². The quantitative estimate of drug-likeness (QED) is 0.632. The fourth-order valence-electron chi connectivity index (χ4n) is 2.14. The predicted molar refractivity (Wildman–Crippen MR) is 78.5 cm³/mol. The normalized spacial score (nSPS) is 24.4. The number of carbonyl (C=O) groups excluding carboxylic acids is 1. The van der Waals surface area contributed by atoms with Crippen molar-refractivity contribution >= 4 is 40.1 Å². The maximum Gasteiger partial charge on any atom is 0.252 e. The molecule has 1 N–H and O–H groups in total. The first-order valence-corrected chi connectivity index (χ1v) is 7.39. The lowest BCUT2D eigenvalue weighted by molar-refractivity contribution is 0.0928. The predicted octanol–water partition coefficient (Wildman–Crippen LogP) is 3.57. The zero-order valence-corrected chi connectivity index (χ0v) is 12.4. The molecule has 92 valence electrons. The molecule has 0 aromatic heterocycles. The van der Waals surface area contributed by atoms with Crippen LogP contribution in [0.15, 0.2) is 24.3 Å². The minimum Gasteiger partial charge on any atom is -0.348 e. The third kappa shape index (κ3) is 3.35. The summed E-state index contributed by atoms with van der Waals surface area (Å²) in [6.07, 6.45) is 4.31. The van der Waals surface area contributed by atoms with Crippen molar-refractivity contribution < 1.29 is 4.79 Å². The molecule has 0 heterocycles. The van der Waals surface area contributed by atoms with Gasteiger partial charge >= 0.3 is 0 Å². The molecule has 1 fully saturated rings. The van der Waals surface area contributed by atoms with E-state index in [0.717, 1.165) is 28.4 Å². The molecule has 17 heavy (non-hydrogen) atoms. The van der Waals surface area contributed by atoms with Crippen LogP contribution >= 0.6 is 34.2 Å². The number of hydrogen-bond donors (Lipinski definition) is 1. The first kappa shape index (κ1) is 13.1. The van der Waals surface area contributed by atoms with E-state index in [1.807, 2.05) is 24.3 Å². The fourth-order valence-corrected chi connectivity index (χ4v) is 3.12. The Morgan fingerprint density at radius 3 is 2.71 bits per heavy atom. The Bertz CT molecular complexity index is 410. The Hall–Kier alpha value is -0.290. The minimum atomic E-state index is -0.00690. The van der Waals surface area contributed by atoms with Crippen molar-refractivity contribution in [3.63, 3.8) is 0 Å². The van der Waals surface area contributed by atoms with E-state index in [9.17, 15) is 4.79 Å². The van der Waals surface area contributed by atoms with E-state index in [2.05, 4.69) is 27.9 Å². The second kappa shape index (κ2) is 6.05. The van der Waals surface area contributed by atoms with Gasteiger partial charge in [0, 0.05) is 9.61 Å². The van der Waals surface area contributed by atoms with Crippen LogP contribution in [0, 0.1) is 3.57 Å². The number of hydrogen-bond acceptors (Lipinski definition) is 1. The minimum absolute atomic E-state index is 0.00690. The molecular weight excluding hydrogens is 349 g/mol. The molecule has 0 aliphatic heterocycles. The van der Waals surface area contributed by atoms with Gasteiger partial charge in [-0.15, -0.1) is 11.6 Å². The third-order valence-electron chi connectivity index (χ3n) is 3.12. The number of alkyl halides is 1. The number of halogens is 2. The van der Waals surface area contributed by atoms with Crippen molar-refractivity contribution in [2.75, 3.05) is 0 Å². The molecule has 0 radical (unpaired) electrons. The van der Waals surface area contributed by atoms with E-state index in [-0.39, 0.29) is 17.3 Å². The second-order valence-electron chi connectivity index (χ2n) is 4.36.